The van der Waals surface area contributed by atoms with Crippen molar-refractivity contribution < 1.29 is 28.6 Å². The number of imide groups is 1. The van der Waals surface area contributed by atoms with Gasteiger partial charge >= 0.3 is 4.87 Å². The lowest BCUT2D eigenvalue weighted by molar-refractivity contribution is -0.122. The number of anilines is 2. The quantitative estimate of drug-likeness (QED) is 0.275. The molecule has 2 aliphatic heterocycles. The number of aromatic amines is 1. The van der Waals surface area contributed by atoms with Crippen LogP contribution >= 0.6 is 23.1 Å². The zero-order valence-electron chi connectivity index (χ0n) is 23.4. The summed E-state index contributed by atoms with van der Waals surface area (Å²) in [4.78, 5) is 57.0. The number of carbonyl (C=O) groups excluding carboxylic acids is 3. The summed E-state index contributed by atoms with van der Waals surface area (Å²) in [6.45, 7) is 1.67. The van der Waals surface area contributed by atoms with E-state index in [0.29, 0.717) is 44.1 Å². The normalized spacial score (nSPS) is 19.0. The molecule has 0 radical (unpaired) electrons. The molecular weight excluding hydrogens is 590 g/mol. The number of benzene rings is 3. The molecule has 12 heteroatoms. The molecule has 0 unspecified atom stereocenters. The van der Waals surface area contributed by atoms with Gasteiger partial charge in [-0.25, -0.2) is 4.90 Å². The van der Waals surface area contributed by atoms with E-state index in [9.17, 15) is 19.2 Å². The molecule has 2 aliphatic rings. The molecule has 3 aromatic carbocycles. The Kier molecular flexibility index (Phi) is 7.72. The lowest BCUT2D eigenvalue weighted by atomic mass is 9.83. The van der Waals surface area contributed by atoms with Crippen LogP contribution in [0.2, 0.25) is 0 Å². The third-order valence-corrected chi connectivity index (χ3v) is 9.80. The van der Waals surface area contributed by atoms with Crippen molar-refractivity contribution in [3.63, 3.8) is 0 Å². The van der Waals surface area contributed by atoms with Crippen LogP contribution in [0.5, 0.6) is 17.2 Å². The van der Waals surface area contributed by atoms with E-state index in [2.05, 4.69) is 10.3 Å². The smallest absolute Gasteiger partial charge is 0.305 e. The Hall–Kier alpha value is -4.55. The van der Waals surface area contributed by atoms with Gasteiger partial charge in [-0.15, -0.1) is 0 Å². The van der Waals surface area contributed by atoms with Crippen LogP contribution < -0.4 is 29.3 Å². The number of rotatable bonds is 8. The standard InChI is InChI=1S/C31H27N3O7S2/c1-16-4-9-19(10-5-16)34-29(36)25-24(26-28(33-31(38)43-26)42-27(25)30(34)37)17-6-13-21(22(14-17)40-3)41-15-23(35)32-18-7-11-20(39-2)12-8-18/h4-14,24-25,27H,15H2,1-3H3,(H,32,35)(H,33,38)/t24-,25-,27+/m0/s1. The van der Waals surface area contributed by atoms with E-state index in [1.807, 2.05) is 19.1 Å². The Labute approximate surface area is 255 Å². The van der Waals surface area contributed by atoms with Crippen molar-refractivity contribution in [1.29, 1.82) is 0 Å². The number of ether oxygens (including phenoxy) is 3. The third-order valence-electron chi connectivity index (χ3n) is 7.40. The highest BCUT2D eigenvalue weighted by Gasteiger charge is 2.56. The maximum absolute atomic E-state index is 13.9. The van der Waals surface area contributed by atoms with E-state index in [1.165, 1.54) is 23.8 Å². The van der Waals surface area contributed by atoms with E-state index < -0.39 is 17.1 Å². The van der Waals surface area contributed by atoms with Crippen LogP contribution in [0.25, 0.3) is 0 Å². The van der Waals surface area contributed by atoms with Crippen LogP contribution in [0, 0.1) is 12.8 Å². The lowest BCUT2D eigenvalue weighted by Crippen LogP contribution is -2.32. The fourth-order valence-corrected chi connectivity index (χ4v) is 7.85. The largest absolute Gasteiger partial charge is 0.497 e. The Balaban J connectivity index is 1.27. The fraction of sp³-hybridized carbons (Fsp3) is 0.226. The van der Waals surface area contributed by atoms with Crippen LogP contribution in [0.15, 0.2) is 76.6 Å². The molecule has 1 aromatic heterocycles. The van der Waals surface area contributed by atoms with Crippen LogP contribution in [0.1, 0.15) is 21.9 Å². The van der Waals surface area contributed by atoms with E-state index >= 15 is 0 Å². The molecule has 3 amide bonds. The topological polar surface area (TPSA) is 127 Å². The van der Waals surface area contributed by atoms with E-state index in [1.54, 1.807) is 61.7 Å². The predicted molar refractivity (Wildman–Crippen MR) is 164 cm³/mol. The van der Waals surface area contributed by atoms with Gasteiger partial charge in [-0.3, -0.25) is 19.2 Å². The minimum Gasteiger partial charge on any atom is -0.497 e. The lowest BCUT2D eigenvalue weighted by Gasteiger charge is -2.30. The number of thioether (sulfide) groups is 1. The van der Waals surface area contributed by atoms with Gasteiger partial charge < -0.3 is 24.5 Å². The first-order valence-corrected chi connectivity index (χ1v) is 15.1. The molecule has 43 heavy (non-hydrogen) atoms. The highest BCUT2D eigenvalue weighted by Crippen LogP contribution is 2.53. The summed E-state index contributed by atoms with van der Waals surface area (Å²) in [5.41, 5.74) is 2.81. The monoisotopic (exact) mass is 617 g/mol. The Morgan fingerprint density at radius 3 is 2.37 bits per heavy atom. The van der Waals surface area contributed by atoms with Gasteiger partial charge in [0.05, 0.1) is 30.9 Å². The highest BCUT2D eigenvalue weighted by molar-refractivity contribution is 8.00. The van der Waals surface area contributed by atoms with E-state index in [0.717, 1.165) is 16.9 Å². The zero-order valence-corrected chi connectivity index (χ0v) is 25.0. The predicted octanol–water partition coefficient (Wildman–Crippen LogP) is 4.58. The third kappa shape index (κ3) is 5.39. The van der Waals surface area contributed by atoms with E-state index in [-0.39, 0.29) is 29.2 Å². The zero-order chi connectivity index (χ0) is 30.2. The van der Waals surface area contributed by atoms with Crippen molar-refractivity contribution >= 4 is 52.2 Å². The van der Waals surface area contributed by atoms with E-state index in [4.69, 9.17) is 14.2 Å². The van der Waals surface area contributed by atoms with Gasteiger partial charge in [-0.2, -0.15) is 0 Å². The summed E-state index contributed by atoms with van der Waals surface area (Å²) in [6.07, 6.45) is 0. The summed E-state index contributed by atoms with van der Waals surface area (Å²) in [7, 11) is 3.04. The number of nitrogens with zero attached hydrogens (tertiary/aromatic N) is 1. The molecule has 3 atom stereocenters. The molecule has 10 nitrogen and oxygen atoms in total. The molecule has 6 rings (SSSR count). The molecule has 1 fully saturated rings. The summed E-state index contributed by atoms with van der Waals surface area (Å²) in [5.74, 6) is -0.956. The summed E-state index contributed by atoms with van der Waals surface area (Å²) < 4.78 is 16.5. The Bertz CT molecular complexity index is 1770. The Morgan fingerprint density at radius 1 is 0.930 bits per heavy atom. The number of hydrogen-bond donors (Lipinski definition) is 2. The maximum atomic E-state index is 13.9. The van der Waals surface area contributed by atoms with Gasteiger partial charge in [0, 0.05) is 16.5 Å². The minimum absolute atomic E-state index is 0.257. The minimum atomic E-state index is -0.732. The van der Waals surface area contributed by atoms with Gasteiger partial charge in [-0.1, -0.05) is 46.9 Å². The number of thiazole rings is 1. The summed E-state index contributed by atoms with van der Waals surface area (Å²) in [5, 5.41) is 2.64. The molecule has 0 aliphatic carbocycles. The van der Waals surface area contributed by atoms with Gasteiger partial charge in [-0.05, 0) is 61.0 Å². The number of carbonyl (C=O) groups is 3. The fourth-order valence-electron chi connectivity index (χ4n) is 5.34. The molecule has 0 bridgehead atoms. The van der Waals surface area contributed by atoms with Gasteiger partial charge in [0.25, 0.3) is 5.91 Å². The molecular formula is C31H27N3O7S2. The molecule has 4 aromatic rings. The van der Waals surface area contributed by atoms with Crippen LogP contribution in [0.3, 0.4) is 0 Å². The van der Waals surface area contributed by atoms with Crippen molar-refractivity contribution in [2.75, 3.05) is 31.0 Å². The molecule has 0 spiro atoms. The molecule has 3 heterocycles. The number of nitrogens with one attached hydrogen (secondary N) is 2. The highest BCUT2D eigenvalue weighted by atomic mass is 32.2. The van der Waals surface area contributed by atoms with Crippen molar-refractivity contribution in [2.45, 2.75) is 23.1 Å². The number of H-pyrrole nitrogens is 1. The number of fused-ring (bicyclic) bond motifs is 2. The number of amides is 3. The van der Waals surface area contributed by atoms with Crippen molar-refractivity contribution in [3.05, 3.63) is 92.4 Å². The Morgan fingerprint density at radius 2 is 1.67 bits per heavy atom. The number of hydrogen-bond acceptors (Lipinski definition) is 9. The SMILES string of the molecule is COc1ccc(NC(=O)COc2ccc([C@@H]3c4sc(=O)[nH]c4S[C@H]4C(=O)N(c5ccc(C)cc5)C(=O)[C@@H]34)cc2OC)cc1. The molecule has 2 N–H and O–H groups in total. The number of methoxy groups -OCH3 is 2. The molecule has 1 saturated heterocycles. The molecule has 220 valence electrons. The maximum Gasteiger partial charge on any atom is 0.305 e. The average Bonchev–Trinajstić information content (AvgIpc) is 3.50. The van der Waals surface area contributed by atoms with Crippen molar-refractivity contribution in [2.24, 2.45) is 5.92 Å². The van der Waals surface area contributed by atoms with Crippen molar-refractivity contribution in [1.82, 2.24) is 4.98 Å². The summed E-state index contributed by atoms with van der Waals surface area (Å²) >= 11 is 2.26. The van der Waals surface area contributed by atoms with Gasteiger partial charge in [0.1, 0.15) is 11.0 Å². The number of aromatic nitrogens is 1. The average molecular weight is 618 g/mol. The second kappa shape index (κ2) is 11.6. The summed E-state index contributed by atoms with van der Waals surface area (Å²) in [6, 6.07) is 19.3. The van der Waals surface area contributed by atoms with Crippen LogP contribution in [-0.4, -0.2) is 48.8 Å². The number of aryl methyl sites for hydroxylation is 1. The second-order valence-corrected chi connectivity index (χ2v) is 12.2. The van der Waals surface area contributed by atoms with Gasteiger partial charge in [0.2, 0.25) is 11.8 Å². The van der Waals surface area contributed by atoms with Crippen molar-refractivity contribution in [3.8, 4) is 17.2 Å². The first-order chi connectivity index (χ1) is 20.8. The van der Waals surface area contributed by atoms with Gasteiger partial charge in [0.15, 0.2) is 18.1 Å². The molecule has 0 saturated carbocycles. The first kappa shape index (κ1) is 28.6. The van der Waals surface area contributed by atoms with Crippen LogP contribution in [-0.2, 0) is 14.4 Å². The van der Waals surface area contributed by atoms with Crippen LogP contribution in [0.4, 0.5) is 11.4 Å². The second-order valence-electron chi connectivity index (χ2n) is 10.1. The first-order valence-electron chi connectivity index (χ1n) is 13.4.